The van der Waals surface area contributed by atoms with Gasteiger partial charge in [0.25, 0.3) is 0 Å². The van der Waals surface area contributed by atoms with E-state index in [1.54, 1.807) is 4.52 Å². The fourth-order valence-electron chi connectivity index (χ4n) is 3.26. The van der Waals surface area contributed by atoms with E-state index in [0.29, 0.717) is 48.2 Å². The van der Waals surface area contributed by atoms with E-state index in [1.165, 1.54) is 0 Å². The number of benzene rings is 1. The van der Waals surface area contributed by atoms with Crippen molar-refractivity contribution in [3.63, 3.8) is 0 Å². The maximum atomic E-state index is 12.1. The number of anilines is 1. The number of amides is 1. The SMILES string of the molecule is O=C(CCc1nnc2ccc(NCc3ccccc3Cl)nn12)NC[C@@H]1CCCO1. The molecule has 1 fully saturated rings. The van der Waals surface area contributed by atoms with Gasteiger partial charge in [-0.3, -0.25) is 4.79 Å². The number of hydrogen-bond donors (Lipinski definition) is 2. The number of halogens is 1. The minimum atomic E-state index is -0.0229. The summed E-state index contributed by atoms with van der Waals surface area (Å²) in [6.07, 6.45) is 2.99. The zero-order valence-electron chi connectivity index (χ0n) is 16.0. The Kier molecular flexibility index (Phi) is 6.21. The quantitative estimate of drug-likeness (QED) is 0.588. The predicted molar refractivity (Wildman–Crippen MR) is 110 cm³/mol. The van der Waals surface area contributed by atoms with Crippen molar-refractivity contribution < 1.29 is 9.53 Å². The highest BCUT2D eigenvalue weighted by molar-refractivity contribution is 6.31. The highest BCUT2D eigenvalue weighted by Gasteiger charge is 2.16. The molecule has 2 aromatic heterocycles. The number of aromatic nitrogens is 4. The van der Waals surface area contributed by atoms with Gasteiger partial charge in [-0.05, 0) is 36.6 Å². The number of carbonyl (C=O) groups excluding carboxylic acids is 1. The molecule has 2 N–H and O–H groups in total. The Balaban J connectivity index is 1.35. The number of aryl methyl sites for hydroxylation is 1. The molecular formula is C20H23ClN6O2. The van der Waals surface area contributed by atoms with Crippen molar-refractivity contribution in [2.24, 2.45) is 0 Å². The van der Waals surface area contributed by atoms with E-state index in [-0.39, 0.29) is 12.0 Å². The predicted octanol–water partition coefficient (Wildman–Crippen LogP) is 2.62. The first kappa shape index (κ1) is 19.6. The highest BCUT2D eigenvalue weighted by atomic mass is 35.5. The fourth-order valence-corrected chi connectivity index (χ4v) is 3.46. The van der Waals surface area contributed by atoms with Crippen LogP contribution >= 0.6 is 11.6 Å². The van der Waals surface area contributed by atoms with E-state index in [2.05, 4.69) is 25.9 Å². The van der Waals surface area contributed by atoms with E-state index in [0.717, 1.165) is 25.0 Å². The average molecular weight is 415 g/mol. The molecule has 1 atom stereocenters. The molecule has 1 aliphatic rings. The van der Waals surface area contributed by atoms with Gasteiger partial charge in [-0.1, -0.05) is 29.8 Å². The zero-order chi connectivity index (χ0) is 20.1. The molecule has 1 amide bonds. The van der Waals surface area contributed by atoms with Gasteiger partial charge < -0.3 is 15.4 Å². The van der Waals surface area contributed by atoms with Crippen LogP contribution in [0.4, 0.5) is 5.82 Å². The minimum Gasteiger partial charge on any atom is -0.376 e. The maximum absolute atomic E-state index is 12.1. The summed E-state index contributed by atoms with van der Waals surface area (Å²) < 4.78 is 7.19. The summed E-state index contributed by atoms with van der Waals surface area (Å²) in [6.45, 7) is 1.90. The molecule has 9 heteroatoms. The summed E-state index contributed by atoms with van der Waals surface area (Å²) in [5.41, 5.74) is 1.63. The van der Waals surface area contributed by atoms with Crippen molar-refractivity contribution in [2.75, 3.05) is 18.5 Å². The number of rotatable bonds is 8. The van der Waals surface area contributed by atoms with Crippen molar-refractivity contribution in [2.45, 2.75) is 38.3 Å². The monoisotopic (exact) mass is 414 g/mol. The lowest BCUT2D eigenvalue weighted by atomic mass is 10.2. The molecule has 3 heterocycles. The zero-order valence-corrected chi connectivity index (χ0v) is 16.7. The standard InChI is InChI=1S/C20H23ClN6O2/c21-16-6-2-1-4-14(16)12-22-17-7-8-18-24-25-19(27(18)26-17)9-10-20(28)23-13-15-5-3-11-29-15/h1-2,4,6-8,15H,3,5,9-13H2,(H,22,26)(H,23,28)/t15-/m0/s1. The second-order valence-corrected chi connectivity index (χ2v) is 7.40. The van der Waals surface area contributed by atoms with Crippen molar-refractivity contribution in [3.8, 4) is 0 Å². The molecule has 1 saturated heterocycles. The van der Waals surface area contributed by atoms with Crippen LogP contribution in [0.2, 0.25) is 5.02 Å². The minimum absolute atomic E-state index is 0.0229. The first-order valence-corrected chi connectivity index (χ1v) is 10.1. The van der Waals surface area contributed by atoms with E-state index in [4.69, 9.17) is 16.3 Å². The van der Waals surface area contributed by atoms with E-state index in [9.17, 15) is 4.79 Å². The van der Waals surface area contributed by atoms with E-state index >= 15 is 0 Å². The number of hydrogen-bond acceptors (Lipinski definition) is 6. The van der Waals surface area contributed by atoms with Gasteiger partial charge in [0.15, 0.2) is 11.5 Å². The molecule has 152 valence electrons. The van der Waals surface area contributed by atoms with Crippen molar-refractivity contribution in [3.05, 3.63) is 52.8 Å². The van der Waals surface area contributed by atoms with Crippen LogP contribution in [0.5, 0.6) is 0 Å². The number of nitrogens with zero attached hydrogens (tertiary/aromatic N) is 4. The highest BCUT2D eigenvalue weighted by Crippen LogP contribution is 2.17. The van der Waals surface area contributed by atoms with Gasteiger partial charge in [0.1, 0.15) is 5.82 Å². The average Bonchev–Trinajstić information content (AvgIpc) is 3.40. The van der Waals surface area contributed by atoms with Gasteiger partial charge in [0.05, 0.1) is 6.10 Å². The summed E-state index contributed by atoms with van der Waals surface area (Å²) in [4.78, 5) is 12.1. The summed E-state index contributed by atoms with van der Waals surface area (Å²) in [5, 5.41) is 19.8. The molecule has 1 aromatic carbocycles. The third-order valence-corrected chi connectivity index (χ3v) is 5.24. The van der Waals surface area contributed by atoms with Gasteiger partial charge in [-0.2, -0.15) is 4.52 Å². The van der Waals surface area contributed by atoms with Crippen molar-refractivity contribution in [1.82, 2.24) is 25.1 Å². The van der Waals surface area contributed by atoms with Crippen LogP contribution in [0.1, 0.15) is 30.7 Å². The first-order chi connectivity index (χ1) is 14.2. The van der Waals surface area contributed by atoms with E-state index < -0.39 is 0 Å². The van der Waals surface area contributed by atoms with Crippen LogP contribution in [0.25, 0.3) is 5.65 Å². The number of fused-ring (bicyclic) bond motifs is 1. The summed E-state index contributed by atoms with van der Waals surface area (Å²) in [6, 6.07) is 11.4. The molecule has 1 aliphatic heterocycles. The lowest BCUT2D eigenvalue weighted by Gasteiger charge is -2.10. The van der Waals surface area contributed by atoms with Crippen LogP contribution in [0.3, 0.4) is 0 Å². The second kappa shape index (κ2) is 9.19. The van der Waals surface area contributed by atoms with E-state index in [1.807, 2.05) is 36.4 Å². The first-order valence-electron chi connectivity index (χ1n) is 9.76. The molecule has 0 bridgehead atoms. The third kappa shape index (κ3) is 5.02. The second-order valence-electron chi connectivity index (χ2n) is 6.99. The third-order valence-electron chi connectivity index (χ3n) is 4.87. The number of carbonyl (C=O) groups is 1. The fraction of sp³-hybridized carbons (Fsp3) is 0.400. The Hall–Kier alpha value is -2.71. The van der Waals surface area contributed by atoms with Crippen LogP contribution in [0.15, 0.2) is 36.4 Å². The number of nitrogens with one attached hydrogen (secondary N) is 2. The summed E-state index contributed by atoms with van der Waals surface area (Å²) in [7, 11) is 0. The molecule has 8 nitrogen and oxygen atoms in total. The molecular weight excluding hydrogens is 392 g/mol. The van der Waals surface area contributed by atoms with Gasteiger partial charge >= 0.3 is 0 Å². The van der Waals surface area contributed by atoms with Crippen LogP contribution in [0, 0.1) is 0 Å². The Labute approximate surface area is 173 Å². The number of ether oxygens (including phenoxy) is 1. The van der Waals surface area contributed by atoms with Gasteiger partial charge in [-0.25, -0.2) is 0 Å². The molecule has 0 spiro atoms. The van der Waals surface area contributed by atoms with Crippen LogP contribution in [-0.4, -0.2) is 45.0 Å². The van der Waals surface area contributed by atoms with Crippen molar-refractivity contribution >= 4 is 29.0 Å². The normalized spacial score (nSPS) is 16.2. The molecule has 0 unspecified atom stereocenters. The summed E-state index contributed by atoms with van der Waals surface area (Å²) in [5.74, 6) is 1.31. The Morgan fingerprint density at radius 3 is 2.97 bits per heavy atom. The lowest BCUT2D eigenvalue weighted by Crippen LogP contribution is -2.32. The molecule has 0 saturated carbocycles. The Morgan fingerprint density at radius 1 is 1.24 bits per heavy atom. The summed E-state index contributed by atoms with van der Waals surface area (Å²) >= 11 is 6.20. The van der Waals surface area contributed by atoms with Gasteiger partial charge in [0, 0.05) is 37.6 Å². The topological polar surface area (TPSA) is 93.4 Å². The smallest absolute Gasteiger partial charge is 0.220 e. The molecule has 0 aliphatic carbocycles. The molecule has 4 rings (SSSR count). The van der Waals surface area contributed by atoms with Crippen molar-refractivity contribution in [1.29, 1.82) is 0 Å². The Morgan fingerprint density at radius 2 is 2.14 bits per heavy atom. The van der Waals surface area contributed by atoms with Gasteiger partial charge in [0.2, 0.25) is 5.91 Å². The Bertz CT molecular complexity index is 986. The van der Waals surface area contributed by atoms with Gasteiger partial charge in [-0.15, -0.1) is 15.3 Å². The largest absolute Gasteiger partial charge is 0.376 e. The molecule has 0 radical (unpaired) electrons. The maximum Gasteiger partial charge on any atom is 0.220 e. The lowest BCUT2D eigenvalue weighted by molar-refractivity contribution is -0.121. The molecule has 29 heavy (non-hydrogen) atoms. The van der Waals surface area contributed by atoms with Crippen LogP contribution in [-0.2, 0) is 22.5 Å². The molecule has 3 aromatic rings. The van der Waals surface area contributed by atoms with Crippen LogP contribution < -0.4 is 10.6 Å².